The minimum absolute atomic E-state index is 0.0724. The van der Waals surface area contributed by atoms with Crippen molar-refractivity contribution >= 4 is 17.9 Å². The van der Waals surface area contributed by atoms with E-state index in [0.717, 1.165) is 70.6 Å². The highest BCUT2D eigenvalue weighted by Crippen LogP contribution is 2.19. The summed E-state index contributed by atoms with van der Waals surface area (Å²) in [6.07, 6.45) is 80.8. The Morgan fingerprint density at radius 2 is 0.429 bits per heavy atom. The van der Waals surface area contributed by atoms with Gasteiger partial charge in [0.2, 0.25) is 0 Å². The van der Waals surface area contributed by atoms with E-state index >= 15 is 0 Å². The second kappa shape index (κ2) is 66.4. The molecule has 0 aliphatic carbocycles. The van der Waals surface area contributed by atoms with Crippen molar-refractivity contribution in [2.24, 2.45) is 0 Å². The van der Waals surface area contributed by atoms with Crippen LogP contribution in [0.2, 0.25) is 0 Å². The van der Waals surface area contributed by atoms with Crippen LogP contribution in [-0.4, -0.2) is 37.2 Å². The first-order valence-electron chi connectivity index (χ1n) is 34.8. The van der Waals surface area contributed by atoms with Gasteiger partial charge in [-0.15, -0.1) is 0 Å². The number of carbonyl (C=O) groups excluding carboxylic acids is 3. The van der Waals surface area contributed by atoms with E-state index in [9.17, 15) is 14.4 Å². The number of esters is 3. The van der Waals surface area contributed by atoms with E-state index in [4.69, 9.17) is 14.2 Å². The maximum Gasteiger partial charge on any atom is 0.306 e. The number of hydrogen-bond donors (Lipinski definition) is 0. The molecule has 0 fully saturated rings. The highest BCUT2D eigenvalue weighted by Gasteiger charge is 2.19. The lowest BCUT2D eigenvalue weighted by Crippen LogP contribution is -2.30. The molecule has 0 aromatic rings. The first-order valence-corrected chi connectivity index (χ1v) is 34.8. The smallest absolute Gasteiger partial charge is 0.306 e. The zero-order valence-electron chi connectivity index (χ0n) is 52.3. The van der Waals surface area contributed by atoms with Crippen LogP contribution in [0.25, 0.3) is 0 Å². The van der Waals surface area contributed by atoms with E-state index in [1.54, 1.807) is 0 Å². The third-order valence-electron chi connectivity index (χ3n) is 15.9. The minimum atomic E-state index is -0.776. The highest BCUT2D eigenvalue weighted by atomic mass is 16.6. The van der Waals surface area contributed by atoms with Crippen molar-refractivity contribution in [1.29, 1.82) is 0 Å². The van der Waals surface area contributed by atoms with Gasteiger partial charge < -0.3 is 14.2 Å². The summed E-state index contributed by atoms with van der Waals surface area (Å²) in [4.78, 5) is 38.3. The number of unbranched alkanes of at least 4 members (excludes halogenated alkanes) is 50. The molecule has 6 nitrogen and oxygen atoms in total. The minimum Gasteiger partial charge on any atom is -0.462 e. The van der Waals surface area contributed by atoms with Gasteiger partial charge in [0.1, 0.15) is 13.2 Å². The van der Waals surface area contributed by atoms with E-state index in [2.05, 4.69) is 45.1 Å². The van der Waals surface area contributed by atoms with E-state index in [1.807, 2.05) is 0 Å². The van der Waals surface area contributed by atoms with Crippen molar-refractivity contribution < 1.29 is 28.6 Å². The molecular weight excluding hydrogens is 949 g/mol. The average molecular weight is 1080 g/mol. The molecule has 0 aromatic carbocycles. The SMILES string of the molecule is CCCCC/C=C\CCCCCCCC(=O)OCC(COC(=O)CCCCCCCCCCCCCCCCCCCCCCCCCCCCCCCCC)OC(=O)CCCCCCC/C=C\CCCCCCCCC. The van der Waals surface area contributed by atoms with Crippen LogP contribution >= 0.6 is 0 Å². The van der Waals surface area contributed by atoms with Gasteiger partial charge in [-0.1, -0.05) is 328 Å². The van der Waals surface area contributed by atoms with Crippen LogP contribution in [0.4, 0.5) is 0 Å². The fraction of sp³-hybridized carbons (Fsp3) is 0.901. The van der Waals surface area contributed by atoms with Crippen molar-refractivity contribution in [1.82, 2.24) is 0 Å². The van der Waals surface area contributed by atoms with Crippen molar-refractivity contribution in [3.8, 4) is 0 Å². The molecule has 0 aliphatic rings. The molecule has 6 heteroatoms. The molecule has 1 unspecified atom stereocenters. The molecule has 0 amide bonds. The topological polar surface area (TPSA) is 78.9 Å². The summed E-state index contributed by atoms with van der Waals surface area (Å²) >= 11 is 0. The summed E-state index contributed by atoms with van der Waals surface area (Å²) in [5, 5.41) is 0. The molecule has 0 N–H and O–H groups in total. The molecule has 1 atom stereocenters. The third-order valence-corrected chi connectivity index (χ3v) is 15.9. The van der Waals surface area contributed by atoms with Crippen LogP contribution in [0.1, 0.15) is 393 Å². The second-order valence-electron chi connectivity index (χ2n) is 23.8. The molecule has 454 valence electrons. The number of allylic oxidation sites excluding steroid dienone is 4. The quantitative estimate of drug-likeness (QED) is 0.0261. The van der Waals surface area contributed by atoms with Gasteiger partial charge in [0.15, 0.2) is 6.10 Å². The molecular formula is C71H134O6. The first-order chi connectivity index (χ1) is 38.0. The molecule has 0 saturated heterocycles. The van der Waals surface area contributed by atoms with Crippen LogP contribution in [0, 0.1) is 0 Å². The average Bonchev–Trinajstić information content (AvgIpc) is 3.43. The Morgan fingerprint density at radius 1 is 0.247 bits per heavy atom. The Morgan fingerprint density at radius 3 is 0.675 bits per heavy atom. The second-order valence-corrected chi connectivity index (χ2v) is 23.8. The monoisotopic (exact) mass is 1080 g/mol. The molecule has 0 rings (SSSR count). The summed E-state index contributed by atoms with van der Waals surface area (Å²) in [6, 6.07) is 0. The van der Waals surface area contributed by atoms with Gasteiger partial charge in [-0.2, -0.15) is 0 Å². The maximum atomic E-state index is 12.9. The van der Waals surface area contributed by atoms with Gasteiger partial charge in [-0.05, 0) is 70.6 Å². The van der Waals surface area contributed by atoms with Gasteiger partial charge in [0, 0.05) is 19.3 Å². The summed E-state index contributed by atoms with van der Waals surface area (Å²) in [5.74, 6) is -0.865. The van der Waals surface area contributed by atoms with Crippen LogP contribution < -0.4 is 0 Å². The molecule has 0 spiro atoms. The molecule has 0 bridgehead atoms. The predicted molar refractivity (Wildman–Crippen MR) is 335 cm³/mol. The van der Waals surface area contributed by atoms with Gasteiger partial charge >= 0.3 is 17.9 Å². The van der Waals surface area contributed by atoms with Crippen molar-refractivity contribution in [2.75, 3.05) is 13.2 Å². The number of hydrogen-bond acceptors (Lipinski definition) is 6. The van der Waals surface area contributed by atoms with Gasteiger partial charge in [0.25, 0.3) is 0 Å². The van der Waals surface area contributed by atoms with E-state index in [-0.39, 0.29) is 31.1 Å². The lowest BCUT2D eigenvalue weighted by atomic mass is 10.0. The zero-order chi connectivity index (χ0) is 55.7. The van der Waals surface area contributed by atoms with Gasteiger partial charge in [-0.3, -0.25) is 14.4 Å². The van der Waals surface area contributed by atoms with E-state index in [1.165, 1.54) is 283 Å². The van der Waals surface area contributed by atoms with Crippen LogP contribution in [0.15, 0.2) is 24.3 Å². The molecule has 0 aromatic heterocycles. The number of rotatable bonds is 65. The van der Waals surface area contributed by atoms with Crippen LogP contribution in [-0.2, 0) is 28.6 Å². The maximum absolute atomic E-state index is 12.9. The van der Waals surface area contributed by atoms with Crippen LogP contribution in [0.3, 0.4) is 0 Å². The van der Waals surface area contributed by atoms with Crippen molar-refractivity contribution in [3.63, 3.8) is 0 Å². The summed E-state index contributed by atoms with van der Waals surface area (Å²) in [6.45, 7) is 6.67. The molecule has 0 radical (unpaired) electrons. The van der Waals surface area contributed by atoms with Gasteiger partial charge in [-0.25, -0.2) is 0 Å². The number of ether oxygens (including phenoxy) is 3. The third kappa shape index (κ3) is 64.6. The summed E-state index contributed by atoms with van der Waals surface area (Å²) < 4.78 is 16.9. The predicted octanol–water partition coefficient (Wildman–Crippen LogP) is 23.8. The Hall–Kier alpha value is -2.11. The lowest BCUT2D eigenvalue weighted by molar-refractivity contribution is -0.167. The van der Waals surface area contributed by atoms with E-state index in [0.29, 0.717) is 19.3 Å². The normalized spacial score (nSPS) is 12.1. The standard InChI is InChI=1S/C71H134O6/c1-4-7-10-13-16-19-22-25-27-29-30-31-32-33-34-35-36-37-38-39-40-41-42-43-45-46-49-52-55-58-61-64-70(73)76-67-68(66-75-69(72)63-60-57-54-51-48-24-21-18-15-12-9-6-3)77-71(74)65-62-59-56-53-50-47-44-28-26-23-20-17-14-11-8-5-2/h18,21,28,44,68H,4-17,19-20,22-27,29-43,45-67H2,1-3H3/b21-18-,44-28-. The van der Waals surface area contributed by atoms with E-state index < -0.39 is 6.10 Å². The Bertz CT molecular complexity index is 1240. The molecule has 77 heavy (non-hydrogen) atoms. The Balaban J connectivity index is 4.09. The highest BCUT2D eigenvalue weighted by molar-refractivity contribution is 5.71. The fourth-order valence-corrected chi connectivity index (χ4v) is 10.7. The first kappa shape index (κ1) is 74.9. The Labute approximate surface area is 481 Å². The lowest BCUT2D eigenvalue weighted by Gasteiger charge is -2.18. The fourth-order valence-electron chi connectivity index (χ4n) is 10.7. The molecule has 0 aliphatic heterocycles. The van der Waals surface area contributed by atoms with Crippen LogP contribution in [0.5, 0.6) is 0 Å². The zero-order valence-corrected chi connectivity index (χ0v) is 52.3. The van der Waals surface area contributed by atoms with Crippen molar-refractivity contribution in [3.05, 3.63) is 24.3 Å². The summed E-state index contributed by atoms with van der Waals surface area (Å²) in [7, 11) is 0. The van der Waals surface area contributed by atoms with Crippen molar-refractivity contribution in [2.45, 2.75) is 399 Å². The number of carbonyl (C=O) groups is 3. The molecule has 0 saturated carbocycles. The van der Waals surface area contributed by atoms with Gasteiger partial charge in [0.05, 0.1) is 0 Å². The largest absolute Gasteiger partial charge is 0.462 e. The molecule has 0 heterocycles. The summed E-state index contributed by atoms with van der Waals surface area (Å²) in [5.41, 5.74) is 0. The Kier molecular flexibility index (Phi) is 64.6.